The van der Waals surface area contributed by atoms with Crippen molar-refractivity contribution >= 4 is 22.7 Å². The van der Waals surface area contributed by atoms with Crippen molar-refractivity contribution in [1.82, 2.24) is 20.5 Å². The summed E-state index contributed by atoms with van der Waals surface area (Å²) in [7, 11) is 0. The van der Waals surface area contributed by atoms with Gasteiger partial charge in [-0.25, -0.2) is 0 Å². The fourth-order valence-electron chi connectivity index (χ4n) is 4.57. The van der Waals surface area contributed by atoms with Gasteiger partial charge in [-0.3, -0.25) is 14.4 Å². The topological polar surface area (TPSA) is 94.3 Å². The van der Waals surface area contributed by atoms with Crippen LogP contribution in [0.5, 0.6) is 0 Å². The van der Waals surface area contributed by atoms with Gasteiger partial charge < -0.3 is 20.5 Å². The summed E-state index contributed by atoms with van der Waals surface area (Å²) in [5, 5.41) is 7.30. The molecule has 0 atom stereocenters. The number of para-hydroxylation sites is 1. The van der Waals surface area contributed by atoms with E-state index >= 15 is 0 Å². The second-order valence-electron chi connectivity index (χ2n) is 8.59. The summed E-state index contributed by atoms with van der Waals surface area (Å²) >= 11 is 0. The summed E-state index contributed by atoms with van der Waals surface area (Å²) < 4.78 is 0. The quantitative estimate of drug-likeness (QED) is 0.581. The first-order valence-electron chi connectivity index (χ1n) is 11.1. The number of nitrogens with one attached hydrogen (secondary N) is 3. The summed E-state index contributed by atoms with van der Waals surface area (Å²) in [6.45, 7) is 2.04. The van der Waals surface area contributed by atoms with Crippen LogP contribution in [-0.2, 0) is 4.79 Å². The maximum absolute atomic E-state index is 13.1. The third kappa shape index (κ3) is 3.69. The highest BCUT2D eigenvalue weighted by Gasteiger charge is 2.43. The first-order chi connectivity index (χ1) is 15.6. The molecule has 0 radical (unpaired) electrons. The molecule has 2 aromatic carbocycles. The Balaban J connectivity index is 1.33. The van der Waals surface area contributed by atoms with Crippen LogP contribution < -0.4 is 16.2 Å². The molecule has 2 aliphatic rings. The van der Waals surface area contributed by atoms with Crippen molar-refractivity contribution < 1.29 is 9.59 Å². The Bertz CT molecular complexity index is 1230. The van der Waals surface area contributed by atoms with Crippen molar-refractivity contribution in [2.45, 2.75) is 24.8 Å². The van der Waals surface area contributed by atoms with E-state index in [0.29, 0.717) is 37.3 Å². The third-order valence-corrected chi connectivity index (χ3v) is 6.64. The van der Waals surface area contributed by atoms with Crippen LogP contribution in [0.4, 0.5) is 0 Å². The van der Waals surface area contributed by atoms with Crippen LogP contribution in [0, 0.1) is 0 Å². The number of hydrogen-bond donors (Lipinski definition) is 3. The molecule has 2 heterocycles. The number of pyridine rings is 1. The Morgan fingerprint density at radius 3 is 2.44 bits per heavy atom. The molecule has 7 nitrogen and oxygen atoms in total. The standard InChI is InChI=1S/C25H26N4O3/c30-22-20(16-19-4-1-2-5-21(19)28-22)17-6-8-18(9-7-17)23(31)29-14-12-26-24(32)25(10-3-11-25)27-13-15-29/h1-2,4-9,16,27H,3,10-15H2,(H,26,32)(H,28,30). The average molecular weight is 431 g/mol. The van der Waals surface area contributed by atoms with E-state index in [-0.39, 0.29) is 17.4 Å². The average Bonchev–Trinajstić information content (AvgIpc) is 2.87. The number of H-pyrrole nitrogens is 1. The van der Waals surface area contributed by atoms with Crippen LogP contribution in [0.25, 0.3) is 22.0 Å². The number of amides is 2. The van der Waals surface area contributed by atoms with E-state index in [2.05, 4.69) is 15.6 Å². The van der Waals surface area contributed by atoms with Crippen molar-refractivity contribution in [3.63, 3.8) is 0 Å². The summed E-state index contributed by atoms with van der Waals surface area (Å²) in [4.78, 5) is 42.8. The van der Waals surface area contributed by atoms with Crippen molar-refractivity contribution in [1.29, 1.82) is 0 Å². The number of aromatic amines is 1. The first kappa shape index (κ1) is 20.5. The van der Waals surface area contributed by atoms with Gasteiger partial charge in [0.1, 0.15) is 0 Å². The van der Waals surface area contributed by atoms with Crippen LogP contribution in [-0.4, -0.2) is 53.4 Å². The molecular weight excluding hydrogens is 404 g/mol. The van der Waals surface area contributed by atoms with Crippen molar-refractivity contribution in [3.05, 3.63) is 70.5 Å². The van der Waals surface area contributed by atoms with E-state index in [1.807, 2.05) is 42.5 Å². The van der Waals surface area contributed by atoms with Gasteiger partial charge in [0.2, 0.25) is 5.91 Å². The SMILES string of the molecule is O=C(c1ccc(-c2cc3ccccc3[nH]c2=O)cc1)N1CCNC(=O)C2(CCC2)NCC1. The molecule has 7 heteroatoms. The minimum Gasteiger partial charge on any atom is -0.353 e. The highest BCUT2D eigenvalue weighted by Crippen LogP contribution is 2.32. The van der Waals surface area contributed by atoms with Gasteiger partial charge in [-0.15, -0.1) is 0 Å². The number of fused-ring (bicyclic) bond motifs is 1. The molecule has 2 fully saturated rings. The third-order valence-electron chi connectivity index (χ3n) is 6.64. The highest BCUT2D eigenvalue weighted by molar-refractivity contribution is 5.95. The fourth-order valence-corrected chi connectivity index (χ4v) is 4.57. The van der Waals surface area contributed by atoms with Crippen LogP contribution in [0.15, 0.2) is 59.4 Å². The molecule has 0 unspecified atom stereocenters. The molecular formula is C25H26N4O3. The lowest BCUT2D eigenvalue weighted by molar-refractivity contribution is -0.130. The van der Waals surface area contributed by atoms with Crippen LogP contribution in [0.3, 0.4) is 0 Å². The lowest BCUT2D eigenvalue weighted by Gasteiger charge is -2.40. The van der Waals surface area contributed by atoms with Crippen molar-refractivity contribution in [2.24, 2.45) is 0 Å². The van der Waals surface area contributed by atoms with Crippen LogP contribution in [0.1, 0.15) is 29.6 Å². The maximum atomic E-state index is 13.1. The van der Waals surface area contributed by atoms with Gasteiger partial charge in [0.05, 0.1) is 5.54 Å². The van der Waals surface area contributed by atoms with Crippen molar-refractivity contribution in [3.8, 4) is 11.1 Å². The zero-order valence-corrected chi connectivity index (χ0v) is 17.8. The Morgan fingerprint density at radius 1 is 0.938 bits per heavy atom. The maximum Gasteiger partial charge on any atom is 0.256 e. The van der Waals surface area contributed by atoms with Gasteiger partial charge >= 0.3 is 0 Å². The van der Waals surface area contributed by atoms with Gasteiger partial charge in [-0.2, -0.15) is 0 Å². The first-order valence-corrected chi connectivity index (χ1v) is 11.1. The number of aromatic nitrogens is 1. The minimum absolute atomic E-state index is 0.0445. The zero-order valence-electron chi connectivity index (χ0n) is 17.8. The van der Waals surface area contributed by atoms with E-state index in [1.54, 1.807) is 17.0 Å². The molecule has 3 N–H and O–H groups in total. The number of nitrogens with zero attached hydrogens (tertiary/aromatic N) is 1. The van der Waals surface area contributed by atoms with Gasteiger partial charge in [0.15, 0.2) is 0 Å². The van der Waals surface area contributed by atoms with E-state index in [9.17, 15) is 14.4 Å². The van der Waals surface area contributed by atoms with Gasteiger partial charge in [-0.05, 0) is 54.5 Å². The summed E-state index contributed by atoms with van der Waals surface area (Å²) in [6.07, 6.45) is 2.75. The van der Waals surface area contributed by atoms with Crippen molar-refractivity contribution in [2.75, 3.05) is 26.2 Å². The normalized spacial score (nSPS) is 18.4. The molecule has 5 rings (SSSR count). The van der Waals surface area contributed by atoms with E-state index < -0.39 is 5.54 Å². The summed E-state index contributed by atoms with van der Waals surface area (Å²) in [5.41, 5.74) is 2.09. The second kappa shape index (κ2) is 8.24. The molecule has 1 saturated carbocycles. The van der Waals surface area contributed by atoms with Gasteiger partial charge in [0.25, 0.3) is 11.5 Å². The Hall–Kier alpha value is -3.45. The fraction of sp³-hybridized carbons (Fsp3) is 0.320. The smallest absolute Gasteiger partial charge is 0.256 e. The molecule has 164 valence electrons. The van der Waals surface area contributed by atoms with Gasteiger partial charge in [0, 0.05) is 42.8 Å². The van der Waals surface area contributed by atoms with Crippen LogP contribution >= 0.6 is 0 Å². The lowest BCUT2D eigenvalue weighted by Crippen LogP contribution is -2.61. The van der Waals surface area contributed by atoms with Gasteiger partial charge in [-0.1, -0.05) is 30.3 Å². The zero-order chi connectivity index (χ0) is 22.1. The van der Waals surface area contributed by atoms with E-state index in [0.717, 1.165) is 35.7 Å². The molecule has 1 saturated heterocycles. The molecule has 1 aliphatic heterocycles. The molecule has 32 heavy (non-hydrogen) atoms. The second-order valence-corrected chi connectivity index (χ2v) is 8.59. The highest BCUT2D eigenvalue weighted by atomic mass is 16.2. The summed E-state index contributed by atoms with van der Waals surface area (Å²) in [5.74, 6) is -0.0346. The Labute approximate surface area is 185 Å². The molecule has 1 aromatic heterocycles. The number of rotatable bonds is 2. The number of hydrogen-bond acceptors (Lipinski definition) is 4. The number of carbonyl (C=O) groups is 2. The number of carbonyl (C=O) groups excluding carboxylic acids is 2. The summed E-state index contributed by atoms with van der Waals surface area (Å²) in [6, 6.07) is 16.7. The molecule has 1 spiro atoms. The van der Waals surface area contributed by atoms with E-state index in [1.165, 1.54) is 0 Å². The van der Waals surface area contributed by atoms with Crippen LogP contribution in [0.2, 0.25) is 0 Å². The Kier molecular flexibility index (Phi) is 5.27. The monoisotopic (exact) mass is 430 g/mol. The minimum atomic E-state index is -0.451. The van der Waals surface area contributed by atoms with E-state index in [4.69, 9.17) is 0 Å². The largest absolute Gasteiger partial charge is 0.353 e. The number of benzene rings is 2. The predicted molar refractivity (Wildman–Crippen MR) is 124 cm³/mol. The molecule has 2 amide bonds. The lowest BCUT2D eigenvalue weighted by atomic mass is 9.76. The predicted octanol–water partition coefficient (Wildman–Crippen LogP) is 2.28. The molecule has 3 aromatic rings. The Morgan fingerprint density at radius 2 is 1.69 bits per heavy atom. The molecule has 0 bridgehead atoms. The molecule has 1 aliphatic carbocycles.